The fraction of sp³-hybridized carbons (Fsp3) is 0.474. The Balaban J connectivity index is 1.66. The number of carbonyl (C=O) groups excluding carboxylic acids is 1. The van der Waals surface area contributed by atoms with Crippen LogP contribution in [0.15, 0.2) is 24.4 Å². The molecule has 1 atom stereocenters. The van der Waals surface area contributed by atoms with E-state index in [1.54, 1.807) is 6.20 Å². The number of aromatic nitrogens is 2. The number of halogens is 2. The van der Waals surface area contributed by atoms with Gasteiger partial charge in [0.2, 0.25) is 5.91 Å². The summed E-state index contributed by atoms with van der Waals surface area (Å²) in [7, 11) is 0. The van der Waals surface area contributed by atoms with Crippen LogP contribution in [0.2, 0.25) is 0 Å². The molecule has 2 aromatic rings. The highest BCUT2D eigenvalue weighted by Crippen LogP contribution is 2.29. The fourth-order valence-corrected chi connectivity index (χ4v) is 3.21. The number of amides is 1. The number of carbonyl (C=O) groups is 1. The predicted molar refractivity (Wildman–Crippen MR) is 91.9 cm³/mol. The Kier molecular flexibility index (Phi) is 5.16. The molecule has 0 saturated carbocycles. The first-order valence-corrected chi connectivity index (χ1v) is 8.78. The number of hydrogen-bond acceptors (Lipinski definition) is 2. The van der Waals surface area contributed by atoms with Gasteiger partial charge in [0.1, 0.15) is 5.82 Å². The van der Waals surface area contributed by atoms with Crippen LogP contribution in [0.25, 0.3) is 11.3 Å². The van der Waals surface area contributed by atoms with Crippen LogP contribution < -0.4 is 0 Å². The van der Waals surface area contributed by atoms with Crippen molar-refractivity contribution in [2.45, 2.75) is 39.0 Å². The maximum absolute atomic E-state index is 13.4. The van der Waals surface area contributed by atoms with E-state index < -0.39 is 11.6 Å². The summed E-state index contributed by atoms with van der Waals surface area (Å²) in [5.41, 5.74) is 1.24. The van der Waals surface area contributed by atoms with Crippen molar-refractivity contribution in [1.82, 2.24) is 14.9 Å². The molecule has 1 unspecified atom stereocenters. The molecular weight excluding hydrogens is 324 g/mol. The summed E-state index contributed by atoms with van der Waals surface area (Å²) < 4.78 is 26.5. The maximum atomic E-state index is 13.4. The molecule has 0 aliphatic carbocycles. The van der Waals surface area contributed by atoms with Crippen LogP contribution in [-0.2, 0) is 4.79 Å². The quantitative estimate of drug-likeness (QED) is 0.905. The zero-order chi connectivity index (χ0) is 18.0. The van der Waals surface area contributed by atoms with E-state index in [9.17, 15) is 13.6 Å². The van der Waals surface area contributed by atoms with E-state index in [0.29, 0.717) is 11.3 Å². The Hall–Kier alpha value is -2.24. The van der Waals surface area contributed by atoms with Crippen molar-refractivity contribution in [3.8, 4) is 11.3 Å². The molecule has 1 aromatic carbocycles. The number of likely N-dealkylation sites (tertiary alicyclic amines) is 1. The van der Waals surface area contributed by atoms with Crippen molar-refractivity contribution in [3.63, 3.8) is 0 Å². The minimum absolute atomic E-state index is 0.0696. The minimum Gasteiger partial charge on any atom is -0.342 e. The first-order chi connectivity index (χ1) is 12.0. The van der Waals surface area contributed by atoms with Gasteiger partial charge in [-0.25, -0.2) is 13.8 Å². The van der Waals surface area contributed by atoms with E-state index in [0.717, 1.165) is 44.2 Å². The molecule has 2 heterocycles. The molecular formula is C19H23F2N3O. The summed E-state index contributed by atoms with van der Waals surface area (Å²) in [6.07, 6.45) is 4.22. The number of hydrogen-bond donors (Lipinski definition) is 1. The number of piperidine rings is 1. The highest BCUT2D eigenvalue weighted by molar-refractivity contribution is 5.78. The van der Waals surface area contributed by atoms with Gasteiger partial charge < -0.3 is 9.88 Å². The molecule has 1 amide bonds. The second kappa shape index (κ2) is 7.33. The van der Waals surface area contributed by atoms with Crippen LogP contribution in [0.3, 0.4) is 0 Å². The summed E-state index contributed by atoms with van der Waals surface area (Å²) in [5, 5.41) is 0. The van der Waals surface area contributed by atoms with Gasteiger partial charge in [-0.2, -0.15) is 0 Å². The third-order valence-electron chi connectivity index (χ3n) is 5.05. The average molecular weight is 347 g/mol. The summed E-state index contributed by atoms with van der Waals surface area (Å²) in [6.45, 7) is 5.46. The largest absolute Gasteiger partial charge is 0.342 e. The molecule has 3 rings (SSSR count). The van der Waals surface area contributed by atoms with Crippen LogP contribution >= 0.6 is 0 Å². The lowest BCUT2D eigenvalue weighted by Crippen LogP contribution is -2.40. The maximum Gasteiger partial charge on any atom is 0.225 e. The summed E-state index contributed by atoms with van der Waals surface area (Å²) in [5.74, 6) is -0.342. The molecule has 1 N–H and O–H groups in total. The van der Waals surface area contributed by atoms with Gasteiger partial charge in [-0.1, -0.05) is 13.8 Å². The zero-order valence-electron chi connectivity index (χ0n) is 14.6. The number of rotatable bonds is 4. The highest BCUT2D eigenvalue weighted by atomic mass is 19.2. The van der Waals surface area contributed by atoms with E-state index in [4.69, 9.17) is 0 Å². The number of benzene rings is 1. The van der Waals surface area contributed by atoms with Gasteiger partial charge in [-0.15, -0.1) is 0 Å². The van der Waals surface area contributed by atoms with Gasteiger partial charge in [-0.05, 0) is 37.5 Å². The molecule has 0 bridgehead atoms. The molecule has 134 valence electrons. The molecule has 1 aliphatic rings. The second-order valence-electron chi connectivity index (χ2n) is 6.72. The first-order valence-electron chi connectivity index (χ1n) is 8.78. The van der Waals surface area contributed by atoms with Crippen LogP contribution in [0.5, 0.6) is 0 Å². The predicted octanol–water partition coefficient (Wildman–Crippen LogP) is 4.11. The Morgan fingerprint density at radius 2 is 2.04 bits per heavy atom. The lowest BCUT2D eigenvalue weighted by Gasteiger charge is -2.32. The SMILES string of the molecule is CCC(C)C(=O)N1CCC(c2ncc(-c3ccc(F)c(F)c3)[nH]2)CC1. The number of aromatic amines is 1. The highest BCUT2D eigenvalue weighted by Gasteiger charge is 2.27. The smallest absolute Gasteiger partial charge is 0.225 e. The van der Waals surface area contributed by atoms with E-state index in [1.165, 1.54) is 12.1 Å². The average Bonchev–Trinajstić information content (AvgIpc) is 3.13. The summed E-state index contributed by atoms with van der Waals surface area (Å²) in [4.78, 5) is 21.8. The monoisotopic (exact) mass is 347 g/mol. The van der Waals surface area contributed by atoms with Gasteiger partial charge >= 0.3 is 0 Å². The van der Waals surface area contributed by atoms with E-state index in [1.807, 2.05) is 18.7 Å². The van der Waals surface area contributed by atoms with Crippen molar-refractivity contribution in [3.05, 3.63) is 41.9 Å². The Morgan fingerprint density at radius 3 is 2.68 bits per heavy atom. The molecule has 0 radical (unpaired) electrons. The van der Waals surface area contributed by atoms with Crippen molar-refractivity contribution in [1.29, 1.82) is 0 Å². The van der Waals surface area contributed by atoms with Crippen molar-refractivity contribution < 1.29 is 13.6 Å². The van der Waals surface area contributed by atoms with Crippen molar-refractivity contribution in [2.75, 3.05) is 13.1 Å². The van der Waals surface area contributed by atoms with Crippen LogP contribution in [-0.4, -0.2) is 33.9 Å². The molecule has 1 aromatic heterocycles. The lowest BCUT2D eigenvalue weighted by molar-refractivity contribution is -0.136. The Bertz CT molecular complexity index is 751. The topological polar surface area (TPSA) is 49.0 Å². The number of nitrogens with one attached hydrogen (secondary N) is 1. The van der Waals surface area contributed by atoms with Gasteiger partial charge in [0.25, 0.3) is 0 Å². The molecule has 6 heteroatoms. The molecule has 1 fully saturated rings. The minimum atomic E-state index is -0.870. The van der Waals surface area contributed by atoms with Crippen LogP contribution in [0.1, 0.15) is 44.9 Å². The van der Waals surface area contributed by atoms with E-state index in [-0.39, 0.29) is 17.7 Å². The van der Waals surface area contributed by atoms with Gasteiger partial charge in [0.05, 0.1) is 11.9 Å². The number of imidazole rings is 1. The second-order valence-corrected chi connectivity index (χ2v) is 6.72. The third kappa shape index (κ3) is 3.72. The first kappa shape index (κ1) is 17.6. The van der Waals surface area contributed by atoms with E-state index in [2.05, 4.69) is 9.97 Å². The standard InChI is InChI=1S/C19H23F2N3O/c1-3-12(2)19(25)24-8-6-13(7-9-24)18-22-11-17(23-18)14-4-5-15(20)16(21)10-14/h4-5,10-13H,3,6-9H2,1-2H3,(H,22,23). The zero-order valence-corrected chi connectivity index (χ0v) is 14.6. The molecule has 1 saturated heterocycles. The van der Waals surface area contributed by atoms with Crippen molar-refractivity contribution in [2.24, 2.45) is 5.92 Å². The van der Waals surface area contributed by atoms with Gasteiger partial charge in [-0.3, -0.25) is 4.79 Å². The molecule has 0 spiro atoms. The third-order valence-corrected chi connectivity index (χ3v) is 5.05. The van der Waals surface area contributed by atoms with E-state index >= 15 is 0 Å². The summed E-state index contributed by atoms with van der Waals surface area (Å²) >= 11 is 0. The Morgan fingerprint density at radius 1 is 1.32 bits per heavy atom. The van der Waals surface area contributed by atoms with Gasteiger partial charge in [0.15, 0.2) is 11.6 Å². The van der Waals surface area contributed by atoms with Gasteiger partial charge in [0, 0.05) is 30.5 Å². The van der Waals surface area contributed by atoms with Crippen molar-refractivity contribution >= 4 is 5.91 Å². The number of H-pyrrole nitrogens is 1. The molecule has 25 heavy (non-hydrogen) atoms. The normalized spacial score (nSPS) is 16.9. The summed E-state index contributed by atoms with van der Waals surface area (Å²) in [6, 6.07) is 3.81. The molecule has 1 aliphatic heterocycles. The number of nitrogens with zero attached hydrogens (tertiary/aromatic N) is 2. The Labute approximate surface area is 146 Å². The van der Waals surface area contributed by atoms with Crippen LogP contribution in [0.4, 0.5) is 8.78 Å². The lowest BCUT2D eigenvalue weighted by atomic mass is 9.95. The van der Waals surface area contributed by atoms with Crippen LogP contribution in [0, 0.1) is 17.6 Å². The fourth-order valence-electron chi connectivity index (χ4n) is 3.21. The molecule has 4 nitrogen and oxygen atoms in total.